The summed E-state index contributed by atoms with van der Waals surface area (Å²) in [5.41, 5.74) is 0. The Bertz CT molecular complexity index is 487. The SMILES string of the molecule is CCNC(=NCCOCC1CCCO1)NC(C)c1ccc(C)o1.I. The second-order valence-corrected chi connectivity index (χ2v) is 5.79. The van der Waals surface area contributed by atoms with E-state index in [9.17, 15) is 0 Å². The van der Waals surface area contributed by atoms with Gasteiger partial charge >= 0.3 is 0 Å². The highest BCUT2D eigenvalue weighted by Crippen LogP contribution is 2.15. The quantitative estimate of drug-likeness (QED) is 0.275. The number of furan rings is 1. The number of hydrogen-bond acceptors (Lipinski definition) is 4. The first-order valence-electron chi connectivity index (χ1n) is 8.49. The average Bonchev–Trinajstić information content (AvgIpc) is 3.18. The summed E-state index contributed by atoms with van der Waals surface area (Å²) in [4.78, 5) is 4.54. The van der Waals surface area contributed by atoms with Gasteiger partial charge in [0.25, 0.3) is 0 Å². The minimum Gasteiger partial charge on any atom is -0.464 e. The predicted octanol–water partition coefficient (Wildman–Crippen LogP) is 3.02. The fourth-order valence-electron chi connectivity index (χ4n) is 2.49. The van der Waals surface area contributed by atoms with Crippen LogP contribution < -0.4 is 10.6 Å². The molecule has 1 fully saturated rings. The standard InChI is InChI=1S/C17H29N3O3.HI/c1-4-18-17(20-14(3)16-8-7-13(2)23-16)19-9-11-21-12-15-6-5-10-22-15;/h7-8,14-15H,4-6,9-12H2,1-3H3,(H2,18,19,20);1H. The van der Waals surface area contributed by atoms with E-state index in [2.05, 4.69) is 22.5 Å². The molecule has 2 rings (SSSR count). The summed E-state index contributed by atoms with van der Waals surface area (Å²) in [6.07, 6.45) is 2.52. The summed E-state index contributed by atoms with van der Waals surface area (Å²) in [7, 11) is 0. The molecule has 1 aliphatic heterocycles. The van der Waals surface area contributed by atoms with Crippen molar-refractivity contribution in [2.45, 2.75) is 45.8 Å². The van der Waals surface area contributed by atoms with E-state index in [4.69, 9.17) is 13.9 Å². The molecule has 138 valence electrons. The van der Waals surface area contributed by atoms with Crippen LogP contribution in [0.4, 0.5) is 0 Å². The first-order chi connectivity index (χ1) is 11.2. The van der Waals surface area contributed by atoms with E-state index < -0.39 is 0 Å². The van der Waals surface area contributed by atoms with Crippen molar-refractivity contribution in [2.75, 3.05) is 32.9 Å². The van der Waals surface area contributed by atoms with E-state index >= 15 is 0 Å². The molecular formula is C17H30IN3O3. The van der Waals surface area contributed by atoms with Crippen molar-refractivity contribution in [1.29, 1.82) is 0 Å². The van der Waals surface area contributed by atoms with Crippen molar-refractivity contribution in [2.24, 2.45) is 4.99 Å². The minimum atomic E-state index is 0. The van der Waals surface area contributed by atoms with Gasteiger partial charge in [-0.3, -0.25) is 4.99 Å². The van der Waals surface area contributed by atoms with Crippen LogP contribution in [0.3, 0.4) is 0 Å². The van der Waals surface area contributed by atoms with Gasteiger partial charge < -0.3 is 24.5 Å². The average molecular weight is 451 g/mol. The van der Waals surface area contributed by atoms with Gasteiger partial charge in [-0.2, -0.15) is 0 Å². The van der Waals surface area contributed by atoms with Crippen molar-refractivity contribution < 1.29 is 13.9 Å². The second-order valence-electron chi connectivity index (χ2n) is 5.79. The van der Waals surface area contributed by atoms with Gasteiger partial charge in [0.2, 0.25) is 0 Å². The Hall–Kier alpha value is -0.800. The van der Waals surface area contributed by atoms with Crippen LogP contribution in [0.5, 0.6) is 0 Å². The molecule has 24 heavy (non-hydrogen) atoms. The number of aliphatic imine (C=N–C) groups is 1. The largest absolute Gasteiger partial charge is 0.464 e. The van der Waals surface area contributed by atoms with Crippen LogP contribution in [0.1, 0.15) is 44.3 Å². The van der Waals surface area contributed by atoms with E-state index in [1.807, 2.05) is 26.0 Å². The maximum Gasteiger partial charge on any atom is 0.191 e. The van der Waals surface area contributed by atoms with Crippen LogP contribution in [0.2, 0.25) is 0 Å². The summed E-state index contributed by atoms with van der Waals surface area (Å²) in [6, 6.07) is 4.02. The van der Waals surface area contributed by atoms with E-state index in [0.717, 1.165) is 43.5 Å². The van der Waals surface area contributed by atoms with E-state index in [1.165, 1.54) is 0 Å². The van der Waals surface area contributed by atoms with Gasteiger partial charge in [0.1, 0.15) is 11.5 Å². The number of ether oxygens (including phenoxy) is 2. The second kappa shape index (κ2) is 11.7. The van der Waals surface area contributed by atoms with Crippen LogP contribution in [0.25, 0.3) is 0 Å². The van der Waals surface area contributed by atoms with Gasteiger partial charge in [-0.15, -0.1) is 24.0 Å². The summed E-state index contributed by atoms with van der Waals surface area (Å²) >= 11 is 0. The first-order valence-corrected chi connectivity index (χ1v) is 8.49. The molecule has 1 aromatic rings. The highest BCUT2D eigenvalue weighted by Gasteiger charge is 2.15. The lowest BCUT2D eigenvalue weighted by molar-refractivity contribution is 0.0200. The lowest BCUT2D eigenvalue weighted by Gasteiger charge is -2.16. The Balaban J connectivity index is 0.00000288. The van der Waals surface area contributed by atoms with Gasteiger partial charge in [0.05, 0.1) is 31.9 Å². The normalized spacial score (nSPS) is 19.0. The summed E-state index contributed by atoms with van der Waals surface area (Å²) in [6.45, 7) is 9.61. The Morgan fingerprint density at radius 1 is 1.46 bits per heavy atom. The number of hydrogen-bond donors (Lipinski definition) is 2. The van der Waals surface area contributed by atoms with Crippen LogP contribution in [-0.2, 0) is 9.47 Å². The summed E-state index contributed by atoms with van der Waals surface area (Å²) < 4.78 is 16.8. The zero-order chi connectivity index (χ0) is 16.5. The third-order valence-electron chi connectivity index (χ3n) is 3.72. The zero-order valence-electron chi connectivity index (χ0n) is 14.8. The van der Waals surface area contributed by atoms with Gasteiger partial charge in [0, 0.05) is 13.2 Å². The molecule has 0 spiro atoms. The summed E-state index contributed by atoms with van der Waals surface area (Å²) in [5, 5.41) is 6.58. The summed E-state index contributed by atoms with van der Waals surface area (Å²) in [5.74, 6) is 2.59. The predicted molar refractivity (Wildman–Crippen MR) is 106 cm³/mol. The molecule has 2 unspecified atom stereocenters. The van der Waals surface area contributed by atoms with Gasteiger partial charge in [-0.25, -0.2) is 0 Å². The molecule has 0 saturated carbocycles. The number of halogens is 1. The maximum atomic E-state index is 5.64. The smallest absolute Gasteiger partial charge is 0.191 e. The molecule has 6 nitrogen and oxygen atoms in total. The molecule has 1 saturated heterocycles. The lowest BCUT2D eigenvalue weighted by Crippen LogP contribution is -2.38. The third kappa shape index (κ3) is 7.40. The van der Waals surface area contributed by atoms with E-state index in [-0.39, 0.29) is 36.1 Å². The fraction of sp³-hybridized carbons (Fsp3) is 0.706. The number of rotatable bonds is 8. The number of nitrogens with one attached hydrogen (secondary N) is 2. The molecule has 2 heterocycles. The molecular weight excluding hydrogens is 421 g/mol. The zero-order valence-corrected chi connectivity index (χ0v) is 17.2. The van der Waals surface area contributed by atoms with E-state index in [0.29, 0.717) is 19.8 Å². The number of aryl methyl sites for hydroxylation is 1. The Morgan fingerprint density at radius 3 is 2.92 bits per heavy atom. The molecule has 7 heteroatoms. The van der Waals surface area contributed by atoms with Crippen molar-refractivity contribution >= 4 is 29.9 Å². The van der Waals surface area contributed by atoms with Crippen LogP contribution in [-0.4, -0.2) is 45.0 Å². The molecule has 2 N–H and O–H groups in total. The fourth-order valence-corrected chi connectivity index (χ4v) is 2.49. The number of guanidine groups is 1. The first kappa shape index (κ1) is 21.2. The highest BCUT2D eigenvalue weighted by atomic mass is 127. The molecule has 1 aromatic heterocycles. The van der Waals surface area contributed by atoms with Crippen molar-refractivity contribution in [3.05, 3.63) is 23.7 Å². The van der Waals surface area contributed by atoms with Gasteiger partial charge in [-0.1, -0.05) is 0 Å². The maximum absolute atomic E-state index is 5.64. The van der Waals surface area contributed by atoms with Crippen LogP contribution in [0, 0.1) is 6.92 Å². The monoisotopic (exact) mass is 451 g/mol. The Labute approximate surface area is 161 Å². The molecule has 0 bridgehead atoms. The van der Waals surface area contributed by atoms with Crippen molar-refractivity contribution in [3.63, 3.8) is 0 Å². The van der Waals surface area contributed by atoms with E-state index in [1.54, 1.807) is 0 Å². The molecule has 0 aromatic carbocycles. The molecule has 0 aliphatic carbocycles. The third-order valence-corrected chi connectivity index (χ3v) is 3.72. The lowest BCUT2D eigenvalue weighted by atomic mass is 10.2. The van der Waals surface area contributed by atoms with Gasteiger partial charge in [-0.05, 0) is 45.7 Å². The molecule has 1 aliphatic rings. The molecule has 0 amide bonds. The molecule has 0 radical (unpaired) electrons. The molecule has 2 atom stereocenters. The Morgan fingerprint density at radius 2 is 2.29 bits per heavy atom. The van der Waals surface area contributed by atoms with Crippen LogP contribution in [0.15, 0.2) is 21.5 Å². The Kier molecular flexibility index (Phi) is 10.4. The van der Waals surface area contributed by atoms with Crippen molar-refractivity contribution in [1.82, 2.24) is 10.6 Å². The number of nitrogens with zero attached hydrogens (tertiary/aromatic N) is 1. The minimum absolute atomic E-state index is 0. The van der Waals surface area contributed by atoms with Gasteiger partial charge in [0.15, 0.2) is 5.96 Å². The van der Waals surface area contributed by atoms with Crippen molar-refractivity contribution in [3.8, 4) is 0 Å². The van der Waals surface area contributed by atoms with Crippen LogP contribution >= 0.6 is 24.0 Å². The highest BCUT2D eigenvalue weighted by molar-refractivity contribution is 14.0. The topological polar surface area (TPSA) is 68.0 Å².